The topological polar surface area (TPSA) is 12.0 Å². The van der Waals surface area contributed by atoms with Crippen molar-refractivity contribution in [2.75, 3.05) is 0 Å². The van der Waals surface area contributed by atoms with Gasteiger partial charge in [-0.2, -0.15) is 13.2 Å². The lowest BCUT2D eigenvalue weighted by atomic mass is 10.5. The van der Waals surface area contributed by atoms with Gasteiger partial charge in [-0.05, 0) is 6.04 Å². The van der Waals surface area contributed by atoms with Crippen LogP contribution in [0.2, 0.25) is 25.7 Å². The maximum Gasteiger partial charge on any atom is 0.388 e. The van der Waals surface area contributed by atoms with Crippen LogP contribution in [0, 0.1) is 0 Å². The third-order valence-electron chi connectivity index (χ3n) is 1.48. The Bertz CT molecular complexity index is 126. The predicted molar refractivity (Wildman–Crippen MR) is 50.5 cm³/mol. The van der Waals surface area contributed by atoms with Crippen LogP contribution < -0.4 is 4.65 Å². The monoisotopic (exact) mass is 215 g/mol. The number of hydrogen-bond donors (Lipinski definition) is 1. The lowest BCUT2D eigenvalue weighted by molar-refractivity contribution is -0.130. The lowest BCUT2D eigenvalue weighted by Crippen LogP contribution is -2.39. The fourth-order valence-corrected chi connectivity index (χ4v) is 7.01. The standard InChI is InChI=1S/C6H16F3NSi2/c1-11(2)10-12(3)5-4-6(7,8)9/h10-12H,4-5H2,1-3H3. The number of halogens is 3. The molecule has 1 atom stereocenters. The van der Waals surface area contributed by atoms with E-state index < -0.39 is 30.5 Å². The van der Waals surface area contributed by atoms with Crippen LogP contribution in [-0.2, 0) is 0 Å². The Morgan fingerprint density at radius 2 is 1.67 bits per heavy atom. The molecule has 6 heteroatoms. The van der Waals surface area contributed by atoms with E-state index in [9.17, 15) is 13.2 Å². The smallest absolute Gasteiger partial charge is 0.364 e. The van der Waals surface area contributed by atoms with Gasteiger partial charge in [0.25, 0.3) is 0 Å². The summed E-state index contributed by atoms with van der Waals surface area (Å²) >= 11 is 0. The van der Waals surface area contributed by atoms with Crippen LogP contribution in [0.3, 0.4) is 0 Å². The van der Waals surface area contributed by atoms with Crippen LogP contribution >= 0.6 is 0 Å². The van der Waals surface area contributed by atoms with E-state index in [-0.39, 0.29) is 0 Å². The van der Waals surface area contributed by atoms with Crippen molar-refractivity contribution in [2.45, 2.75) is 38.3 Å². The Labute approximate surface area is 74.7 Å². The summed E-state index contributed by atoms with van der Waals surface area (Å²) in [6.45, 7) is 6.13. The number of nitrogens with one attached hydrogen (secondary N) is 1. The molecule has 0 saturated heterocycles. The highest BCUT2D eigenvalue weighted by Crippen LogP contribution is 2.22. The van der Waals surface area contributed by atoms with Crippen molar-refractivity contribution in [3.63, 3.8) is 0 Å². The zero-order valence-electron chi connectivity index (χ0n) is 7.70. The van der Waals surface area contributed by atoms with E-state index >= 15 is 0 Å². The van der Waals surface area contributed by atoms with E-state index in [4.69, 9.17) is 0 Å². The number of hydrogen-bond acceptors (Lipinski definition) is 1. The molecule has 0 saturated carbocycles. The summed E-state index contributed by atoms with van der Waals surface area (Å²) in [6.07, 6.45) is -4.59. The Kier molecular flexibility index (Phi) is 5.11. The summed E-state index contributed by atoms with van der Waals surface area (Å²) in [4.78, 5) is 0. The van der Waals surface area contributed by atoms with Crippen LogP contribution in [0.25, 0.3) is 0 Å². The molecule has 1 nitrogen and oxygen atoms in total. The highest BCUT2D eigenvalue weighted by Gasteiger charge is 2.27. The molecule has 0 rings (SSSR count). The van der Waals surface area contributed by atoms with Gasteiger partial charge in [0.15, 0.2) is 0 Å². The van der Waals surface area contributed by atoms with E-state index in [2.05, 4.69) is 17.7 Å². The molecule has 1 unspecified atom stereocenters. The zero-order valence-corrected chi connectivity index (χ0v) is 10.0. The van der Waals surface area contributed by atoms with Crippen LogP contribution in [0.15, 0.2) is 0 Å². The van der Waals surface area contributed by atoms with Gasteiger partial charge in [0.05, 0.1) is 17.9 Å². The van der Waals surface area contributed by atoms with E-state index in [1.165, 1.54) is 0 Å². The van der Waals surface area contributed by atoms with Gasteiger partial charge in [-0.3, -0.25) is 0 Å². The van der Waals surface area contributed by atoms with Crippen molar-refractivity contribution in [1.29, 1.82) is 0 Å². The highest BCUT2D eigenvalue weighted by molar-refractivity contribution is 6.71. The minimum atomic E-state index is -3.97. The quantitative estimate of drug-likeness (QED) is 0.706. The van der Waals surface area contributed by atoms with Crippen molar-refractivity contribution < 1.29 is 13.2 Å². The summed E-state index contributed by atoms with van der Waals surface area (Å²) in [5.74, 6) is 0. The van der Waals surface area contributed by atoms with Crippen LogP contribution in [0.4, 0.5) is 13.2 Å². The van der Waals surface area contributed by atoms with Gasteiger partial charge in [0, 0.05) is 6.42 Å². The summed E-state index contributed by atoms with van der Waals surface area (Å²) in [7, 11) is -2.14. The molecule has 0 spiro atoms. The maximum atomic E-state index is 11.8. The summed E-state index contributed by atoms with van der Waals surface area (Å²) in [6, 6.07) is 0.328. The summed E-state index contributed by atoms with van der Waals surface area (Å²) < 4.78 is 38.6. The minimum absolute atomic E-state index is 0.328. The van der Waals surface area contributed by atoms with Crippen LogP contribution in [-0.4, -0.2) is 24.1 Å². The first-order valence-electron chi connectivity index (χ1n) is 4.14. The average molecular weight is 215 g/mol. The maximum absolute atomic E-state index is 11.8. The minimum Gasteiger partial charge on any atom is -0.364 e. The number of rotatable bonds is 4. The van der Waals surface area contributed by atoms with Crippen molar-refractivity contribution in [2.24, 2.45) is 0 Å². The van der Waals surface area contributed by atoms with Gasteiger partial charge in [-0.1, -0.05) is 19.6 Å². The first kappa shape index (κ1) is 12.2. The second-order valence-corrected chi connectivity index (χ2v) is 9.40. The third kappa shape index (κ3) is 8.28. The first-order chi connectivity index (χ1) is 5.31. The van der Waals surface area contributed by atoms with E-state index in [0.29, 0.717) is 6.04 Å². The summed E-state index contributed by atoms with van der Waals surface area (Å²) in [5.41, 5.74) is 0. The van der Waals surface area contributed by atoms with Gasteiger partial charge < -0.3 is 4.65 Å². The van der Waals surface area contributed by atoms with Crippen LogP contribution in [0.5, 0.6) is 0 Å². The SMILES string of the molecule is C[SiH](C)N[SiH](C)CCC(F)(F)F. The van der Waals surface area contributed by atoms with Crippen LogP contribution in [0.1, 0.15) is 6.42 Å². The summed E-state index contributed by atoms with van der Waals surface area (Å²) in [5, 5.41) is 0. The van der Waals surface area contributed by atoms with E-state index in [1.807, 2.05) is 6.55 Å². The Morgan fingerprint density at radius 3 is 2.00 bits per heavy atom. The third-order valence-corrected chi connectivity index (χ3v) is 7.58. The molecule has 0 heterocycles. The van der Waals surface area contributed by atoms with Gasteiger partial charge in [0.2, 0.25) is 0 Å². The molecule has 0 aromatic heterocycles. The molecular formula is C6H16F3NSi2. The first-order valence-corrected chi connectivity index (χ1v) is 9.57. The molecule has 0 aliphatic heterocycles. The van der Waals surface area contributed by atoms with Gasteiger partial charge in [-0.15, -0.1) is 0 Å². The molecule has 0 aliphatic rings. The van der Waals surface area contributed by atoms with Gasteiger partial charge in [0.1, 0.15) is 0 Å². The normalized spacial score (nSPS) is 15.2. The molecule has 74 valence electrons. The van der Waals surface area contributed by atoms with E-state index in [0.717, 1.165) is 0 Å². The fourth-order valence-electron chi connectivity index (χ4n) is 1.03. The average Bonchev–Trinajstić information content (AvgIpc) is 1.80. The lowest BCUT2D eigenvalue weighted by Gasteiger charge is -2.15. The highest BCUT2D eigenvalue weighted by atomic mass is 28.3. The molecule has 0 aliphatic carbocycles. The van der Waals surface area contributed by atoms with Gasteiger partial charge in [-0.25, -0.2) is 0 Å². The van der Waals surface area contributed by atoms with Crippen molar-refractivity contribution in [3.05, 3.63) is 0 Å². The molecule has 0 aromatic carbocycles. The molecule has 0 radical (unpaired) electrons. The molecule has 0 aromatic rings. The zero-order chi connectivity index (χ0) is 9.78. The van der Waals surface area contributed by atoms with Crippen molar-refractivity contribution >= 4 is 17.9 Å². The second kappa shape index (κ2) is 5.03. The Balaban J connectivity index is 3.51. The van der Waals surface area contributed by atoms with E-state index in [1.54, 1.807) is 0 Å². The molecule has 12 heavy (non-hydrogen) atoms. The molecular weight excluding hydrogens is 199 g/mol. The molecule has 0 fully saturated rings. The molecule has 0 bridgehead atoms. The molecule has 0 amide bonds. The predicted octanol–water partition coefficient (Wildman–Crippen LogP) is 1.87. The Hall–Kier alpha value is 0.184. The molecule has 1 N–H and O–H groups in total. The van der Waals surface area contributed by atoms with Crippen molar-refractivity contribution in [1.82, 2.24) is 4.65 Å². The van der Waals surface area contributed by atoms with Crippen molar-refractivity contribution in [3.8, 4) is 0 Å². The largest absolute Gasteiger partial charge is 0.388 e. The second-order valence-electron chi connectivity index (χ2n) is 3.38. The number of alkyl halides is 3. The Morgan fingerprint density at radius 1 is 1.17 bits per heavy atom. The van der Waals surface area contributed by atoms with Gasteiger partial charge >= 0.3 is 6.18 Å². The fraction of sp³-hybridized carbons (Fsp3) is 1.00.